The fourth-order valence-corrected chi connectivity index (χ4v) is 12.9. The van der Waals surface area contributed by atoms with E-state index in [9.17, 15) is 4.79 Å². The summed E-state index contributed by atoms with van der Waals surface area (Å²) in [5.74, 6) is -0.158. The van der Waals surface area contributed by atoms with E-state index in [1.807, 2.05) is 6.55 Å². The molecular formula is C17H40O4Si3. The first-order valence-electron chi connectivity index (χ1n) is 9.49. The maximum Gasteiger partial charge on any atom is 0.543 e. The average molecular weight is 393 g/mol. The Bertz CT molecular complexity index is 346. The minimum atomic E-state index is -2.90. The van der Waals surface area contributed by atoms with E-state index in [0.29, 0.717) is 6.42 Å². The van der Waals surface area contributed by atoms with Crippen LogP contribution >= 0.6 is 0 Å². The number of hydrogen-bond acceptors (Lipinski definition) is 4. The Balaban J connectivity index is 4.34. The van der Waals surface area contributed by atoms with Crippen molar-refractivity contribution in [2.75, 3.05) is 0 Å². The molecule has 0 saturated carbocycles. The molecule has 0 aromatic rings. The van der Waals surface area contributed by atoms with Crippen LogP contribution in [-0.2, 0) is 17.5 Å². The largest absolute Gasteiger partial charge is 0.543 e. The summed E-state index contributed by atoms with van der Waals surface area (Å²) in [6, 6.07) is 0. The van der Waals surface area contributed by atoms with E-state index in [-0.39, 0.29) is 5.97 Å². The Labute approximate surface area is 153 Å². The lowest BCUT2D eigenvalue weighted by Gasteiger charge is -2.36. The monoisotopic (exact) mass is 392 g/mol. The first-order chi connectivity index (χ1) is 10.9. The van der Waals surface area contributed by atoms with Crippen LogP contribution in [0.5, 0.6) is 0 Å². The molecule has 0 aliphatic heterocycles. The summed E-state index contributed by atoms with van der Waals surface area (Å²) in [4.78, 5) is 12.2. The minimum Gasteiger partial charge on any atom is -0.474 e. The lowest BCUT2D eigenvalue weighted by molar-refractivity contribution is -0.137. The van der Waals surface area contributed by atoms with Crippen LogP contribution in [0.3, 0.4) is 0 Å². The molecule has 4 nitrogen and oxygen atoms in total. The zero-order valence-electron chi connectivity index (χ0n) is 17.3. The Morgan fingerprint density at radius 3 is 1.54 bits per heavy atom. The molecule has 144 valence electrons. The Hall–Kier alpha value is 0.0406. The first kappa shape index (κ1) is 24.0. The molecule has 24 heavy (non-hydrogen) atoms. The number of carbonyl (C=O) groups is 1. The predicted octanol–water partition coefficient (Wildman–Crippen LogP) is 5.94. The number of carbonyl (C=O) groups excluding carboxylic acids is 1. The second-order valence-corrected chi connectivity index (χ2v) is 20.6. The topological polar surface area (TPSA) is 44.8 Å². The van der Waals surface area contributed by atoms with Crippen molar-refractivity contribution in [2.24, 2.45) is 0 Å². The van der Waals surface area contributed by atoms with Crippen molar-refractivity contribution in [1.82, 2.24) is 0 Å². The molecule has 0 radical (unpaired) electrons. The molecule has 0 spiro atoms. The highest BCUT2D eigenvalue weighted by Gasteiger charge is 2.46. The summed E-state index contributed by atoms with van der Waals surface area (Å²) in [5, 5.41) is 0. The van der Waals surface area contributed by atoms with Crippen LogP contribution in [0.25, 0.3) is 0 Å². The highest BCUT2D eigenvalue weighted by molar-refractivity contribution is 6.85. The molecule has 0 N–H and O–H groups in total. The van der Waals surface area contributed by atoms with Crippen LogP contribution in [0.1, 0.15) is 58.3 Å². The number of rotatable bonds is 13. The fraction of sp³-hybridized carbons (Fsp3) is 0.941. The first-order valence-corrected chi connectivity index (χ1v) is 18.5. The minimum absolute atomic E-state index is 0.158. The van der Waals surface area contributed by atoms with Crippen LogP contribution in [0.15, 0.2) is 0 Å². The van der Waals surface area contributed by atoms with Gasteiger partial charge in [0.05, 0.1) is 0 Å². The molecule has 7 heteroatoms. The second-order valence-electron chi connectivity index (χ2n) is 8.64. The average Bonchev–Trinajstić information content (AvgIpc) is 2.32. The molecule has 0 saturated heterocycles. The van der Waals surface area contributed by atoms with Crippen molar-refractivity contribution in [3.63, 3.8) is 0 Å². The maximum absolute atomic E-state index is 12.2. The van der Waals surface area contributed by atoms with E-state index in [2.05, 4.69) is 46.2 Å². The van der Waals surface area contributed by atoms with Gasteiger partial charge >= 0.3 is 8.80 Å². The van der Waals surface area contributed by atoms with Crippen LogP contribution in [-0.4, -0.2) is 31.4 Å². The summed E-state index contributed by atoms with van der Waals surface area (Å²) in [6.45, 7) is 16.7. The van der Waals surface area contributed by atoms with Gasteiger partial charge in [-0.25, -0.2) is 0 Å². The number of hydrogen-bond donors (Lipinski definition) is 0. The molecule has 0 aromatic heterocycles. The second kappa shape index (κ2) is 10.9. The highest BCUT2D eigenvalue weighted by Crippen LogP contribution is 2.22. The van der Waals surface area contributed by atoms with Crippen LogP contribution in [0.4, 0.5) is 0 Å². The predicted molar refractivity (Wildman–Crippen MR) is 109 cm³/mol. The zero-order chi connectivity index (χ0) is 18.9. The lowest BCUT2D eigenvalue weighted by Crippen LogP contribution is -2.55. The van der Waals surface area contributed by atoms with Crippen molar-refractivity contribution in [1.29, 1.82) is 0 Å². The summed E-state index contributed by atoms with van der Waals surface area (Å²) >= 11 is 0. The van der Waals surface area contributed by atoms with Gasteiger partial charge in [0.15, 0.2) is 16.6 Å². The van der Waals surface area contributed by atoms with E-state index >= 15 is 0 Å². The van der Waals surface area contributed by atoms with Gasteiger partial charge < -0.3 is 12.7 Å². The van der Waals surface area contributed by atoms with Crippen LogP contribution in [0, 0.1) is 0 Å². The van der Waals surface area contributed by atoms with Crippen molar-refractivity contribution >= 4 is 31.4 Å². The molecule has 0 fully saturated rings. The SMILES string of the molecule is CCCCCCCCCC(=O)O[Si](C)(O[Si](C)(C)C)O[Si](C)(C)C. The van der Waals surface area contributed by atoms with Crippen molar-refractivity contribution < 1.29 is 17.5 Å². The summed E-state index contributed by atoms with van der Waals surface area (Å²) in [6.07, 6.45) is 8.83. The van der Waals surface area contributed by atoms with Gasteiger partial charge in [0.25, 0.3) is 5.97 Å². The lowest BCUT2D eigenvalue weighted by atomic mass is 10.1. The molecule has 0 aliphatic rings. The Kier molecular flexibility index (Phi) is 10.9. The Morgan fingerprint density at radius 2 is 1.12 bits per heavy atom. The van der Waals surface area contributed by atoms with Crippen LogP contribution < -0.4 is 0 Å². The van der Waals surface area contributed by atoms with E-state index in [4.69, 9.17) is 12.7 Å². The van der Waals surface area contributed by atoms with Gasteiger partial charge in [-0.3, -0.25) is 4.79 Å². The van der Waals surface area contributed by atoms with Gasteiger partial charge in [0, 0.05) is 13.0 Å². The van der Waals surface area contributed by atoms with Gasteiger partial charge in [0.1, 0.15) is 0 Å². The molecule has 0 unspecified atom stereocenters. The van der Waals surface area contributed by atoms with Crippen molar-refractivity contribution in [2.45, 2.75) is 104 Å². The molecule has 0 amide bonds. The van der Waals surface area contributed by atoms with Gasteiger partial charge in [-0.05, 0) is 45.7 Å². The molecule has 0 atom stereocenters. The molecule has 0 aromatic carbocycles. The third-order valence-corrected chi connectivity index (χ3v) is 11.7. The van der Waals surface area contributed by atoms with E-state index in [0.717, 1.165) is 12.8 Å². The third-order valence-electron chi connectivity index (χ3n) is 3.27. The molecule has 0 bridgehead atoms. The fourth-order valence-electron chi connectivity index (χ4n) is 2.66. The summed E-state index contributed by atoms with van der Waals surface area (Å²) < 4.78 is 18.1. The standard InChI is InChI=1S/C17H40O4Si3/c1-9-10-11-12-13-14-15-16-17(18)19-24(8,20-22(2,3)4)21-23(5,6)7/h9-16H2,1-8H3. The quantitative estimate of drug-likeness (QED) is 0.287. The summed E-state index contributed by atoms with van der Waals surface area (Å²) in [5.41, 5.74) is 0. The van der Waals surface area contributed by atoms with Crippen LogP contribution in [0.2, 0.25) is 45.8 Å². The smallest absolute Gasteiger partial charge is 0.474 e. The van der Waals surface area contributed by atoms with Gasteiger partial charge in [0.2, 0.25) is 0 Å². The van der Waals surface area contributed by atoms with Crippen molar-refractivity contribution in [3.05, 3.63) is 0 Å². The van der Waals surface area contributed by atoms with E-state index in [1.165, 1.54) is 32.1 Å². The molecule has 0 heterocycles. The molecule has 0 rings (SSSR count). The highest BCUT2D eigenvalue weighted by atomic mass is 28.5. The number of unbranched alkanes of at least 4 members (excludes halogenated alkanes) is 6. The third kappa shape index (κ3) is 14.4. The van der Waals surface area contributed by atoms with Gasteiger partial charge in [-0.2, -0.15) is 0 Å². The Morgan fingerprint density at radius 1 is 0.708 bits per heavy atom. The van der Waals surface area contributed by atoms with Gasteiger partial charge in [-0.15, -0.1) is 0 Å². The summed E-state index contributed by atoms with van der Waals surface area (Å²) in [7, 11) is -6.56. The zero-order valence-corrected chi connectivity index (χ0v) is 20.3. The maximum atomic E-state index is 12.2. The van der Waals surface area contributed by atoms with E-state index in [1.54, 1.807) is 0 Å². The molecule has 0 aliphatic carbocycles. The van der Waals surface area contributed by atoms with Crippen molar-refractivity contribution in [3.8, 4) is 0 Å². The van der Waals surface area contributed by atoms with E-state index < -0.39 is 25.4 Å². The molecular weight excluding hydrogens is 352 g/mol. The normalized spacial score (nSPS) is 13.2. The van der Waals surface area contributed by atoms with Gasteiger partial charge in [-0.1, -0.05) is 45.4 Å².